The summed E-state index contributed by atoms with van der Waals surface area (Å²) in [6.07, 6.45) is 4.16. The molecule has 0 saturated carbocycles. The van der Waals surface area contributed by atoms with E-state index in [0.29, 0.717) is 18.6 Å². The quantitative estimate of drug-likeness (QED) is 0.639. The van der Waals surface area contributed by atoms with Crippen molar-refractivity contribution in [2.45, 2.75) is 46.0 Å². The van der Waals surface area contributed by atoms with Crippen LogP contribution in [0.5, 0.6) is 0 Å². The molecule has 0 aliphatic carbocycles. The van der Waals surface area contributed by atoms with Crippen molar-refractivity contribution in [3.8, 4) is 0 Å². The van der Waals surface area contributed by atoms with Gasteiger partial charge in [0.1, 0.15) is 5.78 Å². The van der Waals surface area contributed by atoms with Crippen LogP contribution in [0.15, 0.2) is 0 Å². The molecule has 0 bridgehead atoms. The van der Waals surface area contributed by atoms with Gasteiger partial charge in [0.15, 0.2) is 0 Å². The topological polar surface area (TPSA) is 37.3 Å². The summed E-state index contributed by atoms with van der Waals surface area (Å²) in [6.45, 7) is 4.24. The molecule has 0 spiro atoms. The van der Waals surface area contributed by atoms with Gasteiger partial charge < -0.3 is 5.11 Å². The Morgan fingerprint density at radius 3 is 2.42 bits per heavy atom. The van der Waals surface area contributed by atoms with Crippen LogP contribution in [0.4, 0.5) is 0 Å². The van der Waals surface area contributed by atoms with E-state index in [1.54, 1.807) is 0 Å². The van der Waals surface area contributed by atoms with Crippen LogP contribution in [0.25, 0.3) is 0 Å². The van der Waals surface area contributed by atoms with E-state index in [0.717, 1.165) is 19.3 Å². The van der Waals surface area contributed by atoms with E-state index in [2.05, 4.69) is 6.92 Å². The zero-order valence-corrected chi connectivity index (χ0v) is 8.18. The molecular formula is C10H20O2. The highest BCUT2D eigenvalue weighted by Crippen LogP contribution is 2.12. The van der Waals surface area contributed by atoms with Gasteiger partial charge in [-0.1, -0.05) is 20.3 Å². The van der Waals surface area contributed by atoms with Gasteiger partial charge in [0.25, 0.3) is 0 Å². The van der Waals surface area contributed by atoms with E-state index in [1.165, 1.54) is 0 Å². The molecular weight excluding hydrogens is 152 g/mol. The van der Waals surface area contributed by atoms with Gasteiger partial charge in [0.05, 0.1) is 0 Å². The number of hydrogen-bond donors (Lipinski definition) is 1. The van der Waals surface area contributed by atoms with Crippen molar-refractivity contribution in [1.29, 1.82) is 0 Å². The average molecular weight is 172 g/mol. The molecule has 1 unspecified atom stereocenters. The van der Waals surface area contributed by atoms with Gasteiger partial charge in [0.2, 0.25) is 0 Å². The molecule has 72 valence electrons. The van der Waals surface area contributed by atoms with Gasteiger partial charge in [-0.05, 0) is 18.8 Å². The largest absolute Gasteiger partial charge is 0.396 e. The Kier molecular flexibility index (Phi) is 7.06. The minimum absolute atomic E-state index is 0.156. The third kappa shape index (κ3) is 5.30. The molecule has 0 radical (unpaired) electrons. The van der Waals surface area contributed by atoms with Crippen LogP contribution >= 0.6 is 0 Å². The van der Waals surface area contributed by atoms with Gasteiger partial charge in [-0.3, -0.25) is 4.79 Å². The highest BCUT2D eigenvalue weighted by Gasteiger charge is 2.10. The normalized spacial score (nSPS) is 12.9. The number of ketones is 1. The minimum atomic E-state index is 0.156. The molecule has 0 heterocycles. The smallest absolute Gasteiger partial charge is 0.133 e. The Bertz CT molecular complexity index is 121. The summed E-state index contributed by atoms with van der Waals surface area (Å²) in [5, 5.41) is 8.92. The van der Waals surface area contributed by atoms with Crippen LogP contribution in [0.2, 0.25) is 0 Å². The maximum absolute atomic E-state index is 11.2. The van der Waals surface area contributed by atoms with Gasteiger partial charge >= 0.3 is 0 Å². The van der Waals surface area contributed by atoms with Gasteiger partial charge in [0, 0.05) is 19.4 Å². The van der Waals surface area contributed by atoms with Crippen molar-refractivity contribution in [3.05, 3.63) is 0 Å². The van der Waals surface area contributed by atoms with E-state index in [9.17, 15) is 4.79 Å². The second kappa shape index (κ2) is 7.29. The van der Waals surface area contributed by atoms with E-state index in [1.807, 2.05) is 6.92 Å². The number of carbonyl (C=O) groups excluding carboxylic acids is 1. The van der Waals surface area contributed by atoms with Crippen molar-refractivity contribution in [2.75, 3.05) is 6.61 Å². The van der Waals surface area contributed by atoms with Crippen molar-refractivity contribution in [3.63, 3.8) is 0 Å². The van der Waals surface area contributed by atoms with E-state index in [4.69, 9.17) is 5.11 Å². The zero-order chi connectivity index (χ0) is 9.40. The lowest BCUT2D eigenvalue weighted by molar-refractivity contribution is -0.120. The number of rotatable bonds is 7. The lowest BCUT2D eigenvalue weighted by Gasteiger charge is -2.10. The van der Waals surface area contributed by atoms with Crippen molar-refractivity contribution in [1.82, 2.24) is 0 Å². The molecule has 0 aliphatic rings. The predicted octanol–water partition coefficient (Wildman–Crippen LogP) is 2.15. The molecule has 1 N–H and O–H groups in total. The number of carbonyl (C=O) groups is 1. The number of aliphatic hydroxyl groups is 1. The molecule has 0 aliphatic heterocycles. The van der Waals surface area contributed by atoms with Crippen molar-refractivity contribution in [2.24, 2.45) is 5.92 Å². The zero-order valence-electron chi connectivity index (χ0n) is 8.18. The third-order valence-electron chi connectivity index (χ3n) is 2.00. The molecule has 2 heteroatoms. The Morgan fingerprint density at radius 1 is 1.33 bits per heavy atom. The second-order valence-corrected chi connectivity index (χ2v) is 3.33. The Labute approximate surface area is 75.0 Å². The van der Waals surface area contributed by atoms with Crippen molar-refractivity contribution < 1.29 is 9.90 Å². The van der Waals surface area contributed by atoms with E-state index >= 15 is 0 Å². The highest BCUT2D eigenvalue weighted by molar-refractivity contribution is 5.78. The number of Topliss-reactive ketones (excluding diaryl/α,β-unsaturated/α-hetero) is 1. The number of aliphatic hydroxyl groups excluding tert-OH is 1. The van der Waals surface area contributed by atoms with E-state index < -0.39 is 0 Å². The SMILES string of the molecule is CCCC(=O)CC(CO)CCC. The number of hydrogen-bond acceptors (Lipinski definition) is 2. The monoisotopic (exact) mass is 172 g/mol. The maximum Gasteiger partial charge on any atom is 0.133 e. The van der Waals surface area contributed by atoms with Crippen LogP contribution in [0.3, 0.4) is 0 Å². The van der Waals surface area contributed by atoms with E-state index in [-0.39, 0.29) is 12.5 Å². The van der Waals surface area contributed by atoms with Crippen LogP contribution in [-0.4, -0.2) is 17.5 Å². The van der Waals surface area contributed by atoms with Gasteiger partial charge in [-0.2, -0.15) is 0 Å². The lowest BCUT2D eigenvalue weighted by Crippen LogP contribution is -2.11. The molecule has 0 amide bonds. The minimum Gasteiger partial charge on any atom is -0.396 e. The first-order valence-corrected chi connectivity index (χ1v) is 4.87. The Hall–Kier alpha value is -0.370. The summed E-state index contributed by atoms with van der Waals surface area (Å²) < 4.78 is 0. The summed E-state index contributed by atoms with van der Waals surface area (Å²) >= 11 is 0. The van der Waals surface area contributed by atoms with Crippen LogP contribution in [-0.2, 0) is 4.79 Å². The standard InChI is InChI=1S/C10H20O2/c1-3-5-9(8-11)7-10(12)6-4-2/h9,11H,3-8H2,1-2H3. The first-order valence-electron chi connectivity index (χ1n) is 4.87. The fourth-order valence-corrected chi connectivity index (χ4v) is 1.37. The summed E-state index contributed by atoms with van der Waals surface area (Å²) in [4.78, 5) is 11.2. The first kappa shape index (κ1) is 11.6. The summed E-state index contributed by atoms with van der Waals surface area (Å²) in [5.41, 5.74) is 0. The third-order valence-corrected chi connectivity index (χ3v) is 2.00. The molecule has 0 aromatic heterocycles. The van der Waals surface area contributed by atoms with Crippen LogP contribution in [0.1, 0.15) is 46.0 Å². The highest BCUT2D eigenvalue weighted by atomic mass is 16.3. The summed E-state index contributed by atoms with van der Waals surface area (Å²) in [7, 11) is 0. The predicted molar refractivity (Wildman–Crippen MR) is 50.0 cm³/mol. The first-order chi connectivity index (χ1) is 5.74. The summed E-state index contributed by atoms with van der Waals surface area (Å²) in [6, 6.07) is 0. The fourth-order valence-electron chi connectivity index (χ4n) is 1.37. The van der Waals surface area contributed by atoms with Gasteiger partial charge in [-0.25, -0.2) is 0 Å². The molecule has 0 aromatic carbocycles. The van der Waals surface area contributed by atoms with Gasteiger partial charge in [-0.15, -0.1) is 0 Å². The lowest BCUT2D eigenvalue weighted by atomic mass is 9.97. The van der Waals surface area contributed by atoms with Crippen LogP contribution in [0, 0.1) is 5.92 Å². The van der Waals surface area contributed by atoms with Crippen molar-refractivity contribution >= 4 is 5.78 Å². The Balaban J connectivity index is 3.61. The maximum atomic E-state index is 11.2. The molecule has 0 fully saturated rings. The molecule has 1 atom stereocenters. The molecule has 0 saturated heterocycles. The van der Waals surface area contributed by atoms with Crippen LogP contribution < -0.4 is 0 Å². The average Bonchev–Trinajstić information content (AvgIpc) is 2.04. The molecule has 0 rings (SSSR count). The fraction of sp³-hybridized carbons (Fsp3) is 0.900. The second-order valence-electron chi connectivity index (χ2n) is 3.33. The molecule has 0 aromatic rings. The molecule has 2 nitrogen and oxygen atoms in total. The summed E-state index contributed by atoms with van der Waals surface area (Å²) in [5.74, 6) is 0.499. The Morgan fingerprint density at radius 2 is 2.00 bits per heavy atom. The molecule has 12 heavy (non-hydrogen) atoms.